The van der Waals surface area contributed by atoms with Crippen LogP contribution in [-0.2, 0) is 16.1 Å². The number of furan rings is 1. The zero-order chi connectivity index (χ0) is 15.1. The van der Waals surface area contributed by atoms with Crippen LogP contribution in [0.5, 0.6) is 0 Å². The molecule has 2 aromatic rings. The third-order valence-corrected chi connectivity index (χ3v) is 3.65. The smallest absolute Gasteiger partial charge is 0.339 e. The first-order valence-electron chi connectivity index (χ1n) is 6.57. The molecule has 0 saturated carbocycles. The Balaban J connectivity index is 2.05. The van der Waals surface area contributed by atoms with Gasteiger partial charge in [0.15, 0.2) is 0 Å². The van der Waals surface area contributed by atoms with Crippen molar-refractivity contribution in [2.45, 2.75) is 19.9 Å². The second-order valence-electron chi connectivity index (χ2n) is 5.12. The van der Waals surface area contributed by atoms with Crippen molar-refractivity contribution in [3.63, 3.8) is 0 Å². The molecular formula is C15H13NO5. The van der Waals surface area contributed by atoms with Crippen LogP contribution < -0.4 is 0 Å². The maximum absolute atomic E-state index is 11.9. The highest BCUT2D eigenvalue weighted by atomic mass is 16.4. The average Bonchev–Trinajstić information content (AvgIpc) is 2.91. The number of carbonyl (C=O) groups excluding carboxylic acids is 2. The number of hydrogen-bond donors (Lipinski definition) is 1. The van der Waals surface area contributed by atoms with Crippen molar-refractivity contribution in [2.24, 2.45) is 5.92 Å². The number of para-hydroxylation sites is 1. The Morgan fingerprint density at radius 2 is 2.10 bits per heavy atom. The average molecular weight is 287 g/mol. The molecule has 1 saturated heterocycles. The van der Waals surface area contributed by atoms with E-state index in [1.165, 1.54) is 0 Å². The van der Waals surface area contributed by atoms with E-state index in [4.69, 9.17) is 4.42 Å². The number of benzene rings is 1. The number of carboxylic acids is 1. The number of carbonyl (C=O) groups is 3. The van der Waals surface area contributed by atoms with Crippen LogP contribution in [0.15, 0.2) is 28.7 Å². The normalized spacial score (nSPS) is 18.7. The predicted molar refractivity (Wildman–Crippen MR) is 72.5 cm³/mol. The summed E-state index contributed by atoms with van der Waals surface area (Å²) in [6.07, 6.45) is 0.154. The molecule has 1 aromatic carbocycles. The van der Waals surface area contributed by atoms with Crippen LogP contribution in [0.1, 0.15) is 29.5 Å². The summed E-state index contributed by atoms with van der Waals surface area (Å²) in [5, 5.41) is 9.83. The Hall–Kier alpha value is -2.63. The van der Waals surface area contributed by atoms with E-state index in [9.17, 15) is 19.5 Å². The van der Waals surface area contributed by atoms with Gasteiger partial charge in [0, 0.05) is 17.7 Å². The third-order valence-electron chi connectivity index (χ3n) is 3.65. The molecule has 1 atom stereocenters. The highest BCUT2D eigenvalue weighted by Crippen LogP contribution is 2.29. The molecule has 6 nitrogen and oxygen atoms in total. The first-order valence-corrected chi connectivity index (χ1v) is 6.57. The summed E-state index contributed by atoms with van der Waals surface area (Å²) in [6.45, 7) is 1.54. The number of aromatic carboxylic acids is 1. The quantitative estimate of drug-likeness (QED) is 0.873. The molecule has 2 amide bonds. The van der Waals surface area contributed by atoms with Crippen molar-refractivity contribution >= 4 is 28.8 Å². The van der Waals surface area contributed by atoms with Gasteiger partial charge in [-0.1, -0.05) is 25.1 Å². The highest BCUT2D eigenvalue weighted by molar-refractivity contribution is 6.05. The molecule has 0 bridgehead atoms. The monoisotopic (exact) mass is 287 g/mol. The van der Waals surface area contributed by atoms with Gasteiger partial charge in [-0.3, -0.25) is 14.5 Å². The van der Waals surface area contributed by atoms with E-state index in [2.05, 4.69) is 0 Å². The van der Waals surface area contributed by atoms with Crippen molar-refractivity contribution in [1.82, 2.24) is 4.90 Å². The Morgan fingerprint density at radius 1 is 1.38 bits per heavy atom. The minimum absolute atomic E-state index is 0.00533. The van der Waals surface area contributed by atoms with Gasteiger partial charge >= 0.3 is 5.97 Å². The van der Waals surface area contributed by atoms with Crippen LogP contribution in [0.3, 0.4) is 0 Å². The van der Waals surface area contributed by atoms with Crippen molar-refractivity contribution in [2.75, 3.05) is 0 Å². The highest BCUT2D eigenvalue weighted by Gasteiger charge is 2.37. The van der Waals surface area contributed by atoms with Gasteiger partial charge in [-0.05, 0) is 6.07 Å². The van der Waals surface area contributed by atoms with Gasteiger partial charge in [0.05, 0.1) is 6.54 Å². The Labute approximate surface area is 119 Å². The zero-order valence-corrected chi connectivity index (χ0v) is 11.3. The van der Waals surface area contributed by atoms with Gasteiger partial charge < -0.3 is 9.52 Å². The second kappa shape index (κ2) is 4.73. The van der Waals surface area contributed by atoms with Crippen LogP contribution in [0.2, 0.25) is 0 Å². The van der Waals surface area contributed by atoms with Gasteiger partial charge in [0.25, 0.3) is 0 Å². The van der Waals surface area contributed by atoms with Crippen LogP contribution >= 0.6 is 0 Å². The van der Waals surface area contributed by atoms with Gasteiger partial charge in [-0.25, -0.2) is 4.79 Å². The van der Waals surface area contributed by atoms with Crippen molar-refractivity contribution in [3.05, 3.63) is 35.6 Å². The minimum atomic E-state index is -1.14. The van der Waals surface area contributed by atoms with E-state index < -0.39 is 5.97 Å². The number of nitrogens with zero attached hydrogens (tertiary/aromatic N) is 1. The Kier molecular flexibility index (Phi) is 3.01. The third kappa shape index (κ3) is 2.08. The maximum Gasteiger partial charge on any atom is 0.339 e. The molecule has 3 rings (SSSR count). The van der Waals surface area contributed by atoms with Crippen molar-refractivity contribution in [3.8, 4) is 0 Å². The summed E-state index contributed by atoms with van der Waals surface area (Å²) in [7, 11) is 0. The number of likely N-dealkylation sites (tertiary alicyclic amines) is 1. The molecule has 1 N–H and O–H groups in total. The fraction of sp³-hybridized carbons (Fsp3) is 0.267. The molecule has 6 heteroatoms. The van der Waals surface area contributed by atoms with Gasteiger partial charge in [0.2, 0.25) is 11.8 Å². The lowest BCUT2D eigenvalue weighted by Crippen LogP contribution is -2.30. The summed E-state index contributed by atoms with van der Waals surface area (Å²) in [4.78, 5) is 36.3. The number of rotatable bonds is 3. The molecule has 1 aromatic heterocycles. The number of hydrogen-bond acceptors (Lipinski definition) is 4. The van der Waals surface area contributed by atoms with Gasteiger partial charge in [0.1, 0.15) is 16.9 Å². The summed E-state index contributed by atoms with van der Waals surface area (Å²) in [5.41, 5.74) is 0.433. The molecule has 1 aliphatic heterocycles. The molecule has 1 fully saturated rings. The first-order chi connectivity index (χ1) is 9.99. The van der Waals surface area contributed by atoms with Crippen molar-refractivity contribution in [1.29, 1.82) is 0 Å². The molecule has 0 aliphatic carbocycles. The molecule has 0 radical (unpaired) electrons. The molecular weight excluding hydrogens is 274 g/mol. The van der Waals surface area contributed by atoms with E-state index >= 15 is 0 Å². The fourth-order valence-corrected chi connectivity index (χ4v) is 2.60. The van der Waals surface area contributed by atoms with Gasteiger partial charge in [-0.15, -0.1) is 0 Å². The van der Waals surface area contributed by atoms with Crippen LogP contribution in [0.25, 0.3) is 11.0 Å². The summed E-state index contributed by atoms with van der Waals surface area (Å²) < 4.78 is 5.53. The zero-order valence-electron chi connectivity index (χ0n) is 11.3. The van der Waals surface area contributed by atoms with E-state index in [0.29, 0.717) is 11.0 Å². The predicted octanol–water partition coefficient (Wildman–Crippen LogP) is 2.03. The number of amides is 2. The molecule has 0 spiro atoms. The summed E-state index contributed by atoms with van der Waals surface area (Å²) >= 11 is 0. The van der Waals surface area contributed by atoms with E-state index in [1.54, 1.807) is 31.2 Å². The molecule has 21 heavy (non-hydrogen) atoms. The van der Waals surface area contributed by atoms with E-state index in [1.807, 2.05) is 0 Å². The first kappa shape index (κ1) is 13.4. The molecule has 1 aliphatic rings. The molecule has 2 heterocycles. The lowest BCUT2D eigenvalue weighted by Gasteiger charge is -2.12. The van der Waals surface area contributed by atoms with Crippen LogP contribution in [-0.4, -0.2) is 27.8 Å². The Morgan fingerprint density at radius 3 is 2.71 bits per heavy atom. The number of fused-ring (bicyclic) bond motifs is 1. The molecule has 108 valence electrons. The van der Waals surface area contributed by atoms with E-state index in [0.717, 1.165) is 4.90 Å². The number of imide groups is 1. The lowest BCUT2D eigenvalue weighted by atomic mass is 10.1. The van der Waals surface area contributed by atoms with Crippen LogP contribution in [0, 0.1) is 5.92 Å². The summed E-state index contributed by atoms with van der Waals surface area (Å²) in [5.74, 6) is -1.97. The standard InChI is InChI=1S/C15H13NO5/c1-8-6-12(17)16(14(8)18)7-11-13(15(19)20)9-4-2-3-5-10(9)21-11/h2-5,8H,6-7H2,1H3,(H,19,20). The Bertz CT molecular complexity index is 761. The van der Waals surface area contributed by atoms with E-state index in [-0.39, 0.29) is 42.0 Å². The molecule has 1 unspecified atom stereocenters. The second-order valence-corrected chi connectivity index (χ2v) is 5.12. The van der Waals surface area contributed by atoms with Crippen molar-refractivity contribution < 1.29 is 23.9 Å². The number of carboxylic acid groups (broad SMARTS) is 1. The minimum Gasteiger partial charge on any atom is -0.478 e. The fourth-order valence-electron chi connectivity index (χ4n) is 2.60. The largest absolute Gasteiger partial charge is 0.478 e. The topological polar surface area (TPSA) is 87.8 Å². The van der Waals surface area contributed by atoms with Gasteiger partial charge in [-0.2, -0.15) is 0 Å². The lowest BCUT2D eigenvalue weighted by molar-refractivity contribution is -0.140. The van der Waals surface area contributed by atoms with Crippen LogP contribution in [0.4, 0.5) is 0 Å². The maximum atomic E-state index is 11.9. The SMILES string of the molecule is CC1CC(=O)N(Cc2oc3ccccc3c2C(=O)O)C1=O. The summed E-state index contributed by atoms with van der Waals surface area (Å²) in [6, 6.07) is 6.74.